The highest BCUT2D eigenvalue weighted by Crippen LogP contribution is 2.39. The van der Waals surface area contributed by atoms with E-state index in [1.54, 1.807) is 24.3 Å². The molecule has 0 aliphatic carbocycles. The number of carbonyl (C=O) groups is 4. The van der Waals surface area contributed by atoms with Crippen LogP contribution in [0.25, 0.3) is 0 Å². The first-order chi connectivity index (χ1) is 13.5. The van der Waals surface area contributed by atoms with Crippen molar-refractivity contribution in [1.82, 2.24) is 9.80 Å². The third-order valence-electron chi connectivity index (χ3n) is 4.79. The molecule has 1 N–H and O–H groups in total. The van der Waals surface area contributed by atoms with Gasteiger partial charge in [0.2, 0.25) is 5.91 Å². The lowest BCUT2D eigenvalue weighted by molar-refractivity contribution is -0.146. The summed E-state index contributed by atoms with van der Waals surface area (Å²) < 4.78 is 0. The molecule has 7 nitrogen and oxygen atoms in total. The molecule has 0 saturated carbocycles. The van der Waals surface area contributed by atoms with Gasteiger partial charge in [-0.05, 0) is 17.7 Å². The number of carboxylic acids is 1. The number of nitrogens with zero attached hydrogens (tertiary/aromatic N) is 2. The molecule has 142 valence electrons. The molecule has 0 radical (unpaired) electrons. The van der Waals surface area contributed by atoms with Gasteiger partial charge in [0.15, 0.2) is 0 Å². The van der Waals surface area contributed by atoms with Crippen LogP contribution in [0, 0.1) is 0 Å². The van der Waals surface area contributed by atoms with E-state index in [4.69, 9.17) is 0 Å². The SMILES string of the molecule is O=C(O)CN1C(=O)C(N2C(=O)c3ccccc3C2=O)CS[C@H]1c1ccccc1. The molecular formula is C20H16N2O5S. The van der Waals surface area contributed by atoms with E-state index in [0.717, 1.165) is 10.5 Å². The van der Waals surface area contributed by atoms with Gasteiger partial charge in [-0.15, -0.1) is 11.8 Å². The Hall–Kier alpha value is -3.13. The van der Waals surface area contributed by atoms with Crippen molar-refractivity contribution < 1.29 is 24.3 Å². The average Bonchev–Trinajstić information content (AvgIpc) is 2.95. The zero-order chi connectivity index (χ0) is 19.8. The van der Waals surface area contributed by atoms with Crippen LogP contribution in [0.1, 0.15) is 31.7 Å². The Morgan fingerprint density at radius 1 is 0.964 bits per heavy atom. The van der Waals surface area contributed by atoms with Gasteiger partial charge in [-0.25, -0.2) is 0 Å². The second kappa shape index (κ2) is 7.12. The van der Waals surface area contributed by atoms with Gasteiger partial charge in [0.05, 0.1) is 11.1 Å². The number of carbonyl (C=O) groups excluding carboxylic acids is 3. The summed E-state index contributed by atoms with van der Waals surface area (Å²) in [6, 6.07) is 14.5. The average molecular weight is 396 g/mol. The van der Waals surface area contributed by atoms with Gasteiger partial charge in [-0.3, -0.25) is 24.1 Å². The molecule has 2 heterocycles. The molecule has 1 fully saturated rings. The molecule has 8 heteroatoms. The fourth-order valence-corrected chi connectivity index (χ4v) is 4.89. The van der Waals surface area contributed by atoms with Crippen LogP contribution in [0.4, 0.5) is 0 Å². The molecule has 2 aromatic carbocycles. The Morgan fingerprint density at radius 3 is 2.11 bits per heavy atom. The van der Waals surface area contributed by atoms with Gasteiger partial charge < -0.3 is 10.0 Å². The zero-order valence-electron chi connectivity index (χ0n) is 14.6. The molecule has 3 amide bonds. The maximum absolute atomic E-state index is 13.2. The van der Waals surface area contributed by atoms with Gasteiger partial charge >= 0.3 is 5.97 Å². The smallest absolute Gasteiger partial charge is 0.323 e. The topological polar surface area (TPSA) is 95.0 Å². The van der Waals surface area contributed by atoms with Crippen molar-refractivity contribution in [1.29, 1.82) is 0 Å². The predicted octanol–water partition coefficient (Wildman–Crippen LogP) is 2.01. The minimum atomic E-state index is -1.15. The highest BCUT2D eigenvalue weighted by Gasteiger charge is 2.47. The maximum Gasteiger partial charge on any atom is 0.323 e. The van der Waals surface area contributed by atoms with Crippen molar-refractivity contribution >= 4 is 35.5 Å². The van der Waals surface area contributed by atoms with E-state index in [9.17, 15) is 24.3 Å². The highest BCUT2D eigenvalue weighted by atomic mass is 32.2. The molecule has 28 heavy (non-hydrogen) atoms. The van der Waals surface area contributed by atoms with E-state index in [1.807, 2.05) is 30.3 Å². The van der Waals surface area contributed by atoms with Crippen molar-refractivity contribution in [2.75, 3.05) is 12.3 Å². The van der Waals surface area contributed by atoms with E-state index in [2.05, 4.69) is 0 Å². The molecule has 0 aromatic heterocycles. The first-order valence-electron chi connectivity index (χ1n) is 8.65. The Bertz CT molecular complexity index is 943. The summed E-state index contributed by atoms with van der Waals surface area (Å²) in [7, 11) is 0. The van der Waals surface area contributed by atoms with Crippen molar-refractivity contribution in [3.05, 3.63) is 71.3 Å². The van der Waals surface area contributed by atoms with E-state index in [-0.39, 0.29) is 16.9 Å². The zero-order valence-corrected chi connectivity index (χ0v) is 15.5. The summed E-state index contributed by atoms with van der Waals surface area (Å²) in [5.41, 5.74) is 1.32. The summed E-state index contributed by atoms with van der Waals surface area (Å²) >= 11 is 1.34. The largest absolute Gasteiger partial charge is 0.480 e. The fourth-order valence-electron chi connectivity index (χ4n) is 3.53. The normalized spacial score (nSPS) is 21.8. The van der Waals surface area contributed by atoms with Gasteiger partial charge in [-0.2, -0.15) is 0 Å². The summed E-state index contributed by atoms with van der Waals surface area (Å²) in [6.07, 6.45) is 0. The first-order valence-corrected chi connectivity index (χ1v) is 9.69. The number of thioether (sulfide) groups is 1. The lowest BCUT2D eigenvalue weighted by Crippen LogP contribution is -2.56. The van der Waals surface area contributed by atoms with Crippen LogP contribution < -0.4 is 0 Å². The molecule has 2 aromatic rings. The maximum atomic E-state index is 13.2. The number of aliphatic carboxylic acids is 1. The summed E-state index contributed by atoms with van der Waals surface area (Å²) in [4.78, 5) is 52.2. The Morgan fingerprint density at radius 2 is 1.54 bits per heavy atom. The van der Waals surface area contributed by atoms with Crippen LogP contribution in [0.2, 0.25) is 0 Å². The third-order valence-corrected chi connectivity index (χ3v) is 6.14. The summed E-state index contributed by atoms with van der Waals surface area (Å²) in [5.74, 6) is -2.52. The van der Waals surface area contributed by atoms with Gasteiger partial charge in [-0.1, -0.05) is 42.5 Å². The van der Waals surface area contributed by atoms with Crippen LogP contribution in [0.3, 0.4) is 0 Å². The number of hydrogen-bond acceptors (Lipinski definition) is 5. The highest BCUT2D eigenvalue weighted by molar-refractivity contribution is 7.99. The predicted molar refractivity (Wildman–Crippen MR) is 102 cm³/mol. The minimum absolute atomic E-state index is 0.208. The quantitative estimate of drug-likeness (QED) is 0.795. The lowest BCUT2D eigenvalue weighted by atomic mass is 10.1. The molecule has 2 aliphatic heterocycles. The van der Waals surface area contributed by atoms with Crippen LogP contribution in [-0.2, 0) is 9.59 Å². The summed E-state index contributed by atoms with van der Waals surface area (Å²) in [6.45, 7) is -0.509. The Balaban J connectivity index is 1.66. The Kier molecular flexibility index (Phi) is 4.64. The Labute approximate surface area is 164 Å². The van der Waals surface area contributed by atoms with E-state index in [1.165, 1.54) is 16.7 Å². The second-order valence-electron chi connectivity index (χ2n) is 6.50. The molecular weight excluding hydrogens is 380 g/mol. The number of carboxylic acid groups (broad SMARTS) is 1. The van der Waals surface area contributed by atoms with Crippen molar-refractivity contribution in [3.8, 4) is 0 Å². The molecule has 1 saturated heterocycles. The number of benzene rings is 2. The molecule has 0 spiro atoms. The van der Waals surface area contributed by atoms with Crippen LogP contribution >= 0.6 is 11.8 Å². The van der Waals surface area contributed by atoms with Gasteiger partial charge in [0.25, 0.3) is 11.8 Å². The van der Waals surface area contributed by atoms with E-state index < -0.39 is 41.7 Å². The molecule has 1 unspecified atom stereocenters. The van der Waals surface area contributed by atoms with Gasteiger partial charge in [0, 0.05) is 5.75 Å². The molecule has 0 bridgehead atoms. The van der Waals surface area contributed by atoms with E-state index in [0.29, 0.717) is 0 Å². The number of rotatable bonds is 4. The van der Waals surface area contributed by atoms with Crippen LogP contribution in [0.5, 0.6) is 0 Å². The minimum Gasteiger partial charge on any atom is -0.480 e. The van der Waals surface area contributed by atoms with Gasteiger partial charge in [0.1, 0.15) is 18.0 Å². The lowest BCUT2D eigenvalue weighted by Gasteiger charge is -2.40. The molecule has 4 rings (SSSR count). The van der Waals surface area contributed by atoms with Crippen LogP contribution in [-0.4, -0.2) is 56.9 Å². The molecule has 2 atom stereocenters. The third kappa shape index (κ3) is 2.95. The molecule has 2 aliphatic rings. The monoisotopic (exact) mass is 396 g/mol. The number of imide groups is 1. The fraction of sp³-hybridized carbons (Fsp3) is 0.200. The van der Waals surface area contributed by atoms with E-state index >= 15 is 0 Å². The van der Waals surface area contributed by atoms with Crippen LogP contribution in [0.15, 0.2) is 54.6 Å². The second-order valence-corrected chi connectivity index (χ2v) is 7.61. The summed E-state index contributed by atoms with van der Waals surface area (Å²) in [5, 5.41) is 8.81. The number of fused-ring (bicyclic) bond motifs is 1. The standard InChI is InChI=1S/C20H16N2O5S/c23-16(24)10-21-19(27)15(11-28-20(21)12-6-2-1-3-7-12)22-17(25)13-8-4-5-9-14(13)18(22)26/h1-9,15,20H,10-11H2,(H,23,24)/t15?,20-/m0/s1. The number of amides is 3. The van der Waals surface area contributed by atoms with Crippen molar-refractivity contribution in [2.24, 2.45) is 0 Å². The first kappa shape index (κ1) is 18.2. The van der Waals surface area contributed by atoms with Crippen molar-refractivity contribution in [2.45, 2.75) is 11.4 Å². The van der Waals surface area contributed by atoms with Crippen molar-refractivity contribution in [3.63, 3.8) is 0 Å². The number of hydrogen-bond donors (Lipinski definition) is 1.